The Labute approximate surface area is 200 Å². The first kappa shape index (κ1) is 27.2. The van der Waals surface area contributed by atoms with Crippen LogP contribution in [0.15, 0.2) is 24.8 Å². The van der Waals surface area contributed by atoms with Gasteiger partial charge in [-0.05, 0) is 99.7 Å². The van der Waals surface area contributed by atoms with Crippen molar-refractivity contribution in [2.45, 2.75) is 117 Å². The molecule has 1 heteroatoms. The van der Waals surface area contributed by atoms with Gasteiger partial charge in [0.05, 0.1) is 5.60 Å². The summed E-state index contributed by atoms with van der Waals surface area (Å²) >= 11 is 0. The zero-order chi connectivity index (χ0) is 23.8. The monoisotopic (exact) mass is 440 g/mol. The van der Waals surface area contributed by atoms with E-state index in [1.54, 1.807) is 0 Å². The molecule has 0 heterocycles. The molecule has 1 unspecified atom stereocenters. The minimum Gasteiger partial charge on any atom is -0.389 e. The Bertz CT molecular complexity index is 639. The van der Waals surface area contributed by atoms with Gasteiger partial charge in [-0.1, -0.05) is 65.2 Å². The predicted molar refractivity (Wildman–Crippen MR) is 140 cm³/mol. The first-order valence-electron chi connectivity index (χ1n) is 13.6. The summed E-state index contributed by atoms with van der Waals surface area (Å²) in [5.74, 6) is 6.40. The second kappa shape index (κ2) is 12.5. The van der Waals surface area contributed by atoms with Gasteiger partial charge >= 0.3 is 0 Å². The zero-order valence-electron chi connectivity index (χ0n) is 21.9. The second-order valence-electron chi connectivity index (χ2n) is 11.9. The van der Waals surface area contributed by atoms with E-state index in [9.17, 15) is 5.11 Å². The van der Waals surface area contributed by atoms with E-state index in [4.69, 9.17) is 6.42 Å². The molecule has 0 aliphatic heterocycles. The molecular formula is C31H52O. The molecule has 2 fully saturated rings. The maximum Gasteiger partial charge on any atom is 0.0743 e. The van der Waals surface area contributed by atoms with Crippen molar-refractivity contribution in [3.05, 3.63) is 24.8 Å². The van der Waals surface area contributed by atoms with Gasteiger partial charge in [-0.2, -0.15) is 0 Å². The van der Waals surface area contributed by atoms with Crippen molar-refractivity contribution < 1.29 is 5.11 Å². The van der Waals surface area contributed by atoms with Crippen LogP contribution in [0.4, 0.5) is 0 Å². The van der Waals surface area contributed by atoms with Gasteiger partial charge in [-0.3, -0.25) is 0 Å². The summed E-state index contributed by atoms with van der Waals surface area (Å²) in [6.45, 7) is 15.8. The van der Waals surface area contributed by atoms with Crippen LogP contribution in [0.5, 0.6) is 0 Å². The van der Waals surface area contributed by atoms with Crippen molar-refractivity contribution in [1.82, 2.24) is 0 Å². The zero-order valence-corrected chi connectivity index (χ0v) is 21.9. The van der Waals surface area contributed by atoms with Crippen LogP contribution in [-0.2, 0) is 0 Å². The molecule has 2 saturated carbocycles. The highest BCUT2D eigenvalue weighted by atomic mass is 16.3. The molecule has 0 bridgehead atoms. The summed E-state index contributed by atoms with van der Waals surface area (Å²) in [6, 6.07) is 0. The highest BCUT2D eigenvalue weighted by Crippen LogP contribution is 2.63. The molecule has 0 aromatic carbocycles. The standard InChI is InChI=1S/C31H52O/c1-8-11-12-16-26(10-3)17-18-27-21-23-30(7)28(25(6)15-13-14-24(4)5)19-20-29(30)31(27,32)22-9-2/h3,8-9,11,24-29,32H,2,12-23H2,1,4-7H3/b11-8-/t25-,26?,27-,28-,29-,30-,31+/m1/s1. The van der Waals surface area contributed by atoms with Gasteiger partial charge in [0, 0.05) is 5.92 Å². The Morgan fingerprint density at radius 1 is 1.12 bits per heavy atom. The Hall–Kier alpha value is -1.00. The molecule has 2 aliphatic rings. The van der Waals surface area contributed by atoms with E-state index in [1.165, 1.54) is 38.5 Å². The van der Waals surface area contributed by atoms with Crippen LogP contribution < -0.4 is 0 Å². The molecule has 2 rings (SSSR count). The van der Waals surface area contributed by atoms with E-state index < -0.39 is 5.60 Å². The summed E-state index contributed by atoms with van der Waals surface area (Å²) < 4.78 is 0. The van der Waals surface area contributed by atoms with Gasteiger partial charge in [0.25, 0.3) is 0 Å². The fourth-order valence-corrected chi connectivity index (χ4v) is 7.56. The highest BCUT2D eigenvalue weighted by Gasteiger charge is 2.60. The molecule has 0 amide bonds. The average molecular weight is 441 g/mol. The predicted octanol–water partition coefficient (Wildman–Crippen LogP) is 8.58. The summed E-state index contributed by atoms with van der Waals surface area (Å²) in [6.07, 6.45) is 26.0. The van der Waals surface area contributed by atoms with E-state index in [0.29, 0.717) is 17.8 Å². The number of allylic oxidation sites excluding steroid dienone is 2. The third-order valence-electron chi connectivity index (χ3n) is 9.37. The number of aliphatic hydroxyl groups is 1. The summed E-state index contributed by atoms with van der Waals surface area (Å²) in [4.78, 5) is 0. The molecular weight excluding hydrogens is 388 g/mol. The molecule has 182 valence electrons. The van der Waals surface area contributed by atoms with Crippen molar-refractivity contribution in [3.63, 3.8) is 0 Å². The average Bonchev–Trinajstić information content (AvgIpc) is 3.10. The van der Waals surface area contributed by atoms with Crippen molar-refractivity contribution >= 4 is 0 Å². The Kier molecular flexibility index (Phi) is 10.6. The van der Waals surface area contributed by atoms with Gasteiger partial charge < -0.3 is 5.11 Å². The topological polar surface area (TPSA) is 20.2 Å². The summed E-state index contributed by atoms with van der Waals surface area (Å²) in [7, 11) is 0. The summed E-state index contributed by atoms with van der Waals surface area (Å²) in [5, 5.41) is 12.2. The number of rotatable bonds is 13. The lowest BCUT2D eigenvalue weighted by Crippen LogP contribution is -2.55. The van der Waals surface area contributed by atoms with Crippen LogP contribution in [0.3, 0.4) is 0 Å². The van der Waals surface area contributed by atoms with E-state index in [0.717, 1.165) is 56.3 Å². The lowest BCUT2D eigenvalue weighted by atomic mass is 9.53. The number of terminal acetylenes is 1. The van der Waals surface area contributed by atoms with E-state index in [-0.39, 0.29) is 5.41 Å². The first-order valence-corrected chi connectivity index (χ1v) is 13.6. The largest absolute Gasteiger partial charge is 0.389 e. The first-order chi connectivity index (χ1) is 15.2. The molecule has 32 heavy (non-hydrogen) atoms. The molecule has 1 nitrogen and oxygen atoms in total. The third-order valence-corrected chi connectivity index (χ3v) is 9.37. The van der Waals surface area contributed by atoms with Gasteiger partial charge in [-0.15, -0.1) is 18.9 Å². The van der Waals surface area contributed by atoms with E-state index >= 15 is 0 Å². The van der Waals surface area contributed by atoms with Gasteiger partial charge in [0.2, 0.25) is 0 Å². The molecule has 2 aliphatic carbocycles. The molecule has 7 atom stereocenters. The normalized spacial score (nSPS) is 34.4. The number of hydrogen-bond donors (Lipinski definition) is 1. The Balaban J connectivity index is 2.09. The molecule has 0 aromatic heterocycles. The minimum atomic E-state index is -0.608. The highest BCUT2D eigenvalue weighted by molar-refractivity contribution is 5.12. The van der Waals surface area contributed by atoms with Crippen LogP contribution in [0.2, 0.25) is 0 Å². The number of hydrogen-bond acceptors (Lipinski definition) is 1. The maximum absolute atomic E-state index is 12.2. The Morgan fingerprint density at radius 3 is 2.50 bits per heavy atom. The van der Waals surface area contributed by atoms with E-state index in [2.05, 4.69) is 59.3 Å². The van der Waals surface area contributed by atoms with Crippen LogP contribution in [0.1, 0.15) is 112 Å². The Morgan fingerprint density at radius 2 is 1.88 bits per heavy atom. The van der Waals surface area contributed by atoms with Crippen molar-refractivity contribution in [1.29, 1.82) is 0 Å². The van der Waals surface area contributed by atoms with Gasteiger partial charge in [0.15, 0.2) is 0 Å². The lowest BCUT2D eigenvalue weighted by Gasteiger charge is -2.55. The smallest absolute Gasteiger partial charge is 0.0743 e. The molecule has 0 radical (unpaired) electrons. The van der Waals surface area contributed by atoms with Crippen LogP contribution in [-0.4, -0.2) is 10.7 Å². The fourth-order valence-electron chi connectivity index (χ4n) is 7.56. The molecule has 1 N–H and O–H groups in total. The van der Waals surface area contributed by atoms with Gasteiger partial charge in [0.1, 0.15) is 0 Å². The molecule has 0 aromatic rings. The van der Waals surface area contributed by atoms with Gasteiger partial charge in [-0.25, -0.2) is 0 Å². The van der Waals surface area contributed by atoms with Crippen molar-refractivity contribution in [2.24, 2.45) is 40.9 Å². The van der Waals surface area contributed by atoms with Crippen molar-refractivity contribution in [2.75, 3.05) is 0 Å². The van der Waals surface area contributed by atoms with Crippen LogP contribution in [0, 0.1) is 53.3 Å². The molecule has 0 saturated heterocycles. The second-order valence-corrected chi connectivity index (χ2v) is 11.9. The van der Waals surface area contributed by atoms with Crippen molar-refractivity contribution in [3.8, 4) is 12.3 Å². The maximum atomic E-state index is 12.2. The quantitative estimate of drug-likeness (QED) is 0.224. The molecule has 0 spiro atoms. The van der Waals surface area contributed by atoms with E-state index in [1.807, 2.05) is 6.08 Å². The number of fused-ring (bicyclic) bond motifs is 1. The lowest BCUT2D eigenvalue weighted by molar-refractivity contribution is -0.148. The fraction of sp³-hybridized carbons (Fsp3) is 0.806. The minimum absolute atomic E-state index is 0.267. The third kappa shape index (κ3) is 6.32. The SMILES string of the molecule is C#CC(CC/C=C\C)CC[C@@H]1CC[C@]2(C)[C@@H]([C@H](C)CCCC(C)C)CC[C@H]2[C@]1(O)CC=C. The summed E-state index contributed by atoms with van der Waals surface area (Å²) in [5.41, 5.74) is -0.341. The van der Waals surface area contributed by atoms with Crippen LogP contribution >= 0.6 is 0 Å². The van der Waals surface area contributed by atoms with Crippen LogP contribution in [0.25, 0.3) is 0 Å².